The van der Waals surface area contributed by atoms with Crippen molar-refractivity contribution in [3.05, 3.63) is 15.4 Å². The predicted molar refractivity (Wildman–Crippen MR) is 61.4 cm³/mol. The number of carbonyl (C=O) groups is 1. The SMILES string of the molecule is O=C(CCCl)Nc1ncc(Br)nc1Br. The van der Waals surface area contributed by atoms with Crippen LogP contribution in [0, 0.1) is 0 Å². The molecule has 1 heterocycles. The lowest BCUT2D eigenvalue weighted by molar-refractivity contribution is -0.115. The number of aromatic nitrogens is 2. The average molecular weight is 343 g/mol. The van der Waals surface area contributed by atoms with Crippen LogP contribution in [0.3, 0.4) is 0 Å². The summed E-state index contributed by atoms with van der Waals surface area (Å²) in [5, 5.41) is 2.57. The molecule has 1 aromatic rings. The van der Waals surface area contributed by atoms with Crippen LogP contribution >= 0.6 is 43.5 Å². The molecule has 1 aromatic heterocycles. The Kier molecular flexibility index (Phi) is 4.77. The Morgan fingerprint density at radius 3 is 2.86 bits per heavy atom. The first kappa shape index (κ1) is 11.9. The molecule has 76 valence electrons. The van der Waals surface area contributed by atoms with Crippen molar-refractivity contribution >= 4 is 55.2 Å². The Balaban J connectivity index is 2.72. The van der Waals surface area contributed by atoms with E-state index in [0.29, 0.717) is 15.0 Å². The third-order valence-electron chi connectivity index (χ3n) is 1.28. The fourth-order valence-electron chi connectivity index (χ4n) is 0.711. The van der Waals surface area contributed by atoms with Gasteiger partial charge in [-0.2, -0.15) is 0 Å². The van der Waals surface area contributed by atoms with E-state index in [-0.39, 0.29) is 18.2 Å². The molecule has 0 saturated heterocycles. The van der Waals surface area contributed by atoms with Gasteiger partial charge < -0.3 is 5.32 Å². The van der Waals surface area contributed by atoms with E-state index in [2.05, 4.69) is 47.1 Å². The minimum atomic E-state index is -0.183. The number of hydrogen-bond acceptors (Lipinski definition) is 3. The van der Waals surface area contributed by atoms with Gasteiger partial charge in [0.05, 0.1) is 6.20 Å². The van der Waals surface area contributed by atoms with E-state index in [4.69, 9.17) is 11.6 Å². The van der Waals surface area contributed by atoms with Gasteiger partial charge in [-0.05, 0) is 31.9 Å². The summed E-state index contributed by atoms with van der Waals surface area (Å²) >= 11 is 11.7. The standard InChI is InChI=1S/C7H6Br2ClN3O/c8-4-3-11-7(6(9)12-4)13-5(14)1-2-10/h3H,1-2H2,(H,11,13,14). The number of nitrogens with zero attached hydrogens (tertiary/aromatic N) is 2. The Morgan fingerprint density at radius 2 is 2.29 bits per heavy atom. The zero-order valence-corrected chi connectivity index (χ0v) is 10.9. The number of rotatable bonds is 3. The van der Waals surface area contributed by atoms with Gasteiger partial charge in [0.25, 0.3) is 0 Å². The van der Waals surface area contributed by atoms with Gasteiger partial charge in [-0.1, -0.05) is 0 Å². The van der Waals surface area contributed by atoms with Crippen molar-refractivity contribution in [1.82, 2.24) is 9.97 Å². The van der Waals surface area contributed by atoms with Crippen LogP contribution in [-0.4, -0.2) is 21.8 Å². The predicted octanol–water partition coefficient (Wildman–Crippen LogP) is 2.57. The van der Waals surface area contributed by atoms with Crippen LogP contribution in [0.25, 0.3) is 0 Å². The summed E-state index contributed by atoms with van der Waals surface area (Å²) in [6.07, 6.45) is 1.76. The number of anilines is 1. The molecule has 1 amide bonds. The van der Waals surface area contributed by atoms with E-state index in [9.17, 15) is 4.79 Å². The van der Waals surface area contributed by atoms with Gasteiger partial charge in [0.2, 0.25) is 5.91 Å². The zero-order chi connectivity index (χ0) is 10.6. The smallest absolute Gasteiger partial charge is 0.226 e. The third-order valence-corrected chi connectivity index (χ3v) is 2.40. The van der Waals surface area contributed by atoms with Gasteiger partial charge in [-0.25, -0.2) is 9.97 Å². The second-order valence-corrected chi connectivity index (χ2v) is 4.26. The van der Waals surface area contributed by atoms with Crippen LogP contribution in [0.1, 0.15) is 6.42 Å². The highest BCUT2D eigenvalue weighted by molar-refractivity contribution is 9.11. The molecule has 4 nitrogen and oxygen atoms in total. The molecule has 0 bridgehead atoms. The molecule has 7 heteroatoms. The van der Waals surface area contributed by atoms with Crippen molar-refractivity contribution in [1.29, 1.82) is 0 Å². The minimum Gasteiger partial charge on any atom is -0.308 e. The summed E-state index contributed by atoms with van der Waals surface area (Å²) in [6, 6.07) is 0. The molecule has 1 N–H and O–H groups in total. The molecule has 0 unspecified atom stereocenters. The van der Waals surface area contributed by atoms with Crippen LogP contribution in [0.5, 0.6) is 0 Å². The first-order valence-corrected chi connectivity index (χ1v) is 5.79. The lowest BCUT2D eigenvalue weighted by atomic mass is 10.4. The highest BCUT2D eigenvalue weighted by Gasteiger charge is 2.07. The van der Waals surface area contributed by atoms with Gasteiger partial charge in [-0.15, -0.1) is 11.6 Å². The second kappa shape index (κ2) is 5.63. The average Bonchev–Trinajstić information content (AvgIpc) is 2.10. The molecule has 0 spiro atoms. The van der Waals surface area contributed by atoms with E-state index >= 15 is 0 Å². The zero-order valence-electron chi connectivity index (χ0n) is 6.93. The first-order valence-electron chi connectivity index (χ1n) is 3.67. The molecule has 0 aliphatic carbocycles. The molecule has 0 fully saturated rings. The van der Waals surface area contributed by atoms with Crippen molar-refractivity contribution in [2.45, 2.75) is 6.42 Å². The number of nitrogens with one attached hydrogen (secondary N) is 1. The Labute approximate surface area is 103 Å². The maximum absolute atomic E-state index is 11.2. The Hall–Kier alpha value is -0.200. The Morgan fingerprint density at radius 1 is 1.57 bits per heavy atom. The van der Waals surface area contributed by atoms with Crippen molar-refractivity contribution in [2.24, 2.45) is 0 Å². The van der Waals surface area contributed by atoms with E-state index in [1.165, 1.54) is 6.20 Å². The summed E-state index contributed by atoms with van der Waals surface area (Å²) in [6.45, 7) is 0. The molecular formula is C7H6Br2ClN3O. The van der Waals surface area contributed by atoms with Crippen LogP contribution in [0.4, 0.5) is 5.82 Å². The molecule has 0 atom stereocenters. The summed E-state index contributed by atoms with van der Waals surface area (Å²) < 4.78 is 1.08. The lowest BCUT2D eigenvalue weighted by Gasteiger charge is -2.04. The Bertz CT molecular complexity index is 348. The number of amides is 1. The van der Waals surface area contributed by atoms with Crippen molar-refractivity contribution in [3.63, 3.8) is 0 Å². The molecule has 0 radical (unpaired) electrons. The molecule has 1 rings (SSSR count). The number of carbonyl (C=O) groups excluding carboxylic acids is 1. The molecular weight excluding hydrogens is 337 g/mol. The van der Waals surface area contributed by atoms with E-state index in [0.717, 1.165) is 0 Å². The molecule has 0 aliphatic rings. The summed E-state index contributed by atoms with van der Waals surface area (Å²) in [5.74, 6) is 0.494. The van der Waals surface area contributed by atoms with E-state index in [1.54, 1.807) is 0 Å². The van der Waals surface area contributed by atoms with Crippen molar-refractivity contribution in [2.75, 3.05) is 11.2 Å². The summed E-state index contributed by atoms with van der Waals surface area (Å²) in [5.41, 5.74) is 0. The van der Waals surface area contributed by atoms with Crippen LogP contribution < -0.4 is 5.32 Å². The summed E-state index contributed by atoms with van der Waals surface area (Å²) in [4.78, 5) is 19.1. The van der Waals surface area contributed by atoms with Gasteiger partial charge in [0.1, 0.15) is 9.21 Å². The number of alkyl halides is 1. The third kappa shape index (κ3) is 3.51. The van der Waals surface area contributed by atoms with Crippen LogP contribution in [0.15, 0.2) is 15.4 Å². The molecule has 14 heavy (non-hydrogen) atoms. The van der Waals surface area contributed by atoms with E-state index in [1.807, 2.05) is 0 Å². The van der Waals surface area contributed by atoms with Crippen molar-refractivity contribution in [3.8, 4) is 0 Å². The molecule has 0 aromatic carbocycles. The van der Waals surface area contributed by atoms with E-state index < -0.39 is 0 Å². The maximum atomic E-state index is 11.2. The van der Waals surface area contributed by atoms with Gasteiger partial charge in [0.15, 0.2) is 5.82 Å². The second-order valence-electron chi connectivity index (χ2n) is 2.32. The number of hydrogen-bond donors (Lipinski definition) is 1. The monoisotopic (exact) mass is 341 g/mol. The van der Waals surface area contributed by atoms with Gasteiger partial charge in [-0.3, -0.25) is 4.79 Å². The molecule has 0 aliphatic heterocycles. The topological polar surface area (TPSA) is 54.9 Å². The normalized spacial score (nSPS) is 9.93. The van der Waals surface area contributed by atoms with Gasteiger partial charge in [0, 0.05) is 12.3 Å². The highest BCUT2D eigenvalue weighted by Crippen LogP contribution is 2.19. The fourth-order valence-corrected chi connectivity index (χ4v) is 1.79. The van der Waals surface area contributed by atoms with Gasteiger partial charge >= 0.3 is 0 Å². The first-order chi connectivity index (χ1) is 6.63. The summed E-state index contributed by atoms with van der Waals surface area (Å²) in [7, 11) is 0. The number of halogens is 3. The largest absolute Gasteiger partial charge is 0.308 e. The van der Waals surface area contributed by atoms with Crippen LogP contribution in [-0.2, 0) is 4.79 Å². The van der Waals surface area contributed by atoms with Crippen molar-refractivity contribution < 1.29 is 4.79 Å². The minimum absolute atomic E-state index is 0.183. The molecule has 0 saturated carbocycles. The van der Waals surface area contributed by atoms with Crippen LogP contribution in [0.2, 0.25) is 0 Å². The quantitative estimate of drug-likeness (QED) is 0.858. The fraction of sp³-hybridized carbons (Fsp3) is 0.286. The lowest BCUT2D eigenvalue weighted by Crippen LogP contribution is -2.13. The highest BCUT2D eigenvalue weighted by atomic mass is 79.9. The maximum Gasteiger partial charge on any atom is 0.226 e.